The maximum atomic E-state index is 14.5. The lowest BCUT2D eigenvalue weighted by molar-refractivity contribution is -0.131. The number of aromatic nitrogens is 1. The molecule has 3 heterocycles. The highest BCUT2D eigenvalue weighted by Gasteiger charge is 2.63. The monoisotopic (exact) mass is 548 g/mol. The van der Waals surface area contributed by atoms with E-state index in [2.05, 4.69) is 5.32 Å². The molecule has 0 saturated carbocycles. The number of ketones is 2. The second-order valence-electron chi connectivity index (χ2n) is 10.1. The zero-order valence-corrected chi connectivity index (χ0v) is 22.5. The second kappa shape index (κ2) is 8.71. The normalized spacial score (nSPS) is 24.0. The highest BCUT2D eigenvalue weighted by molar-refractivity contribution is 6.36. The largest absolute Gasteiger partial charge is 0.496 e. The molecule has 3 aromatic rings. The summed E-state index contributed by atoms with van der Waals surface area (Å²) in [5.74, 6) is -2.59. The van der Waals surface area contributed by atoms with Crippen molar-refractivity contribution in [1.29, 1.82) is 0 Å². The minimum atomic E-state index is -1.94. The van der Waals surface area contributed by atoms with Crippen LogP contribution in [-0.2, 0) is 16.6 Å². The maximum Gasteiger partial charge on any atom is 0.254 e. The molecule has 2 aromatic carbocycles. The number of hydrogen-bond acceptors (Lipinski definition) is 7. The number of benzene rings is 2. The summed E-state index contributed by atoms with van der Waals surface area (Å²) in [5, 5.41) is 3.66. The van der Waals surface area contributed by atoms with Gasteiger partial charge in [-0.05, 0) is 23.9 Å². The molecule has 1 N–H and O–H groups in total. The van der Waals surface area contributed by atoms with Gasteiger partial charge in [-0.3, -0.25) is 19.2 Å². The number of rotatable bonds is 3. The van der Waals surface area contributed by atoms with E-state index in [0.29, 0.717) is 11.3 Å². The number of aryl methyl sites for hydroxylation is 1. The molecule has 2 aliphatic heterocycles. The van der Waals surface area contributed by atoms with Crippen LogP contribution in [0.2, 0.25) is 5.02 Å². The quantitative estimate of drug-likeness (QED) is 0.497. The first kappa shape index (κ1) is 25.2. The second-order valence-corrected chi connectivity index (χ2v) is 10.5. The summed E-state index contributed by atoms with van der Waals surface area (Å²) in [6.45, 7) is 1.72. The SMILES string of the molecule is COc1cc(OC)c2c(c1Cl)OC1(C(=O)C3=C(CC1C)NC(=O)CC3c1cc3ccccc3n(C)c1=O)C2=O. The average molecular weight is 549 g/mol. The fraction of sp³-hybridized carbons (Fsp3) is 0.310. The summed E-state index contributed by atoms with van der Waals surface area (Å²) in [5.41, 5.74) is -0.575. The van der Waals surface area contributed by atoms with Crippen LogP contribution in [0.3, 0.4) is 0 Å². The molecular formula is C29H25ClN2O7. The molecule has 3 atom stereocenters. The van der Waals surface area contributed by atoms with E-state index in [1.807, 2.05) is 24.3 Å². The van der Waals surface area contributed by atoms with Crippen molar-refractivity contribution in [3.8, 4) is 17.2 Å². The Labute approximate surface area is 228 Å². The predicted molar refractivity (Wildman–Crippen MR) is 143 cm³/mol. The van der Waals surface area contributed by atoms with Gasteiger partial charge in [0.05, 0.1) is 19.7 Å². The van der Waals surface area contributed by atoms with Gasteiger partial charge < -0.3 is 24.1 Å². The van der Waals surface area contributed by atoms with E-state index in [4.69, 9.17) is 25.8 Å². The van der Waals surface area contributed by atoms with Crippen molar-refractivity contribution in [2.45, 2.75) is 31.3 Å². The van der Waals surface area contributed by atoms with Crippen molar-refractivity contribution < 1.29 is 28.6 Å². The van der Waals surface area contributed by atoms with Gasteiger partial charge in [-0.1, -0.05) is 36.7 Å². The van der Waals surface area contributed by atoms with E-state index >= 15 is 0 Å². The van der Waals surface area contributed by atoms with Gasteiger partial charge in [-0.2, -0.15) is 0 Å². The minimum absolute atomic E-state index is 0.0140. The summed E-state index contributed by atoms with van der Waals surface area (Å²) in [6, 6.07) is 10.6. The zero-order valence-electron chi connectivity index (χ0n) is 21.7. The van der Waals surface area contributed by atoms with Crippen LogP contribution in [0.1, 0.15) is 41.6 Å². The molecule has 10 heteroatoms. The number of carbonyl (C=O) groups excluding carboxylic acids is 3. The molecule has 1 spiro atoms. The predicted octanol–water partition coefficient (Wildman–Crippen LogP) is 3.69. The Hall–Kier alpha value is -4.11. The van der Waals surface area contributed by atoms with Gasteiger partial charge in [0.25, 0.3) is 5.56 Å². The van der Waals surface area contributed by atoms with E-state index in [0.717, 1.165) is 10.9 Å². The number of methoxy groups -OCH3 is 2. The minimum Gasteiger partial charge on any atom is -0.496 e. The number of nitrogens with zero attached hydrogens (tertiary/aromatic N) is 1. The fourth-order valence-corrected chi connectivity index (χ4v) is 6.42. The summed E-state index contributed by atoms with van der Waals surface area (Å²) in [6.07, 6.45) is 0.0513. The van der Waals surface area contributed by atoms with Gasteiger partial charge in [0.2, 0.25) is 23.1 Å². The molecule has 3 aliphatic rings. The lowest BCUT2D eigenvalue weighted by Gasteiger charge is -2.41. The molecule has 9 nitrogen and oxygen atoms in total. The van der Waals surface area contributed by atoms with Gasteiger partial charge in [0, 0.05) is 48.2 Å². The van der Waals surface area contributed by atoms with Crippen molar-refractivity contribution in [2.24, 2.45) is 13.0 Å². The third-order valence-corrected chi connectivity index (χ3v) is 8.45. The van der Waals surface area contributed by atoms with Gasteiger partial charge in [-0.25, -0.2) is 0 Å². The molecule has 0 saturated heterocycles. The van der Waals surface area contributed by atoms with Crippen LogP contribution >= 0.6 is 11.6 Å². The van der Waals surface area contributed by atoms with Crippen LogP contribution < -0.4 is 25.1 Å². The van der Waals surface area contributed by atoms with Gasteiger partial charge >= 0.3 is 0 Å². The van der Waals surface area contributed by atoms with Crippen molar-refractivity contribution >= 4 is 40.0 Å². The lowest BCUT2D eigenvalue weighted by Crippen LogP contribution is -2.59. The smallest absolute Gasteiger partial charge is 0.254 e. The average Bonchev–Trinajstić information content (AvgIpc) is 3.24. The van der Waals surface area contributed by atoms with E-state index in [-0.39, 0.29) is 57.7 Å². The van der Waals surface area contributed by atoms with E-state index in [9.17, 15) is 19.2 Å². The lowest BCUT2D eigenvalue weighted by atomic mass is 9.66. The highest BCUT2D eigenvalue weighted by atomic mass is 35.5. The number of para-hydroxylation sites is 1. The van der Waals surface area contributed by atoms with Crippen LogP contribution in [0, 0.1) is 5.92 Å². The number of nitrogens with one attached hydrogen (secondary N) is 1. The molecule has 0 bridgehead atoms. The Morgan fingerprint density at radius 3 is 2.46 bits per heavy atom. The summed E-state index contributed by atoms with van der Waals surface area (Å²) >= 11 is 6.54. The first-order valence-corrected chi connectivity index (χ1v) is 12.9. The van der Waals surface area contributed by atoms with Gasteiger partial charge in [0.1, 0.15) is 22.1 Å². The molecule has 1 aromatic heterocycles. The van der Waals surface area contributed by atoms with Gasteiger partial charge in [-0.15, -0.1) is 0 Å². The van der Waals surface area contributed by atoms with E-state index in [1.165, 1.54) is 24.9 Å². The van der Waals surface area contributed by atoms with Crippen molar-refractivity contribution in [2.75, 3.05) is 14.2 Å². The number of Topliss-reactive ketones (excluding diaryl/α,β-unsaturated/α-hetero) is 2. The molecule has 39 heavy (non-hydrogen) atoms. The first-order valence-electron chi connectivity index (χ1n) is 12.5. The number of fused-ring (bicyclic) bond motifs is 2. The number of allylic oxidation sites excluding steroid dienone is 1. The molecule has 6 rings (SSSR count). The van der Waals surface area contributed by atoms with Crippen LogP contribution in [0.25, 0.3) is 10.9 Å². The topological polar surface area (TPSA) is 113 Å². The van der Waals surface area contributed by atoms with Crippen LogP contribution in [0.4, 0.5) is 0 Å². The Kier molecular flexibility index (Phi) is 5.62. The molecular weight excluding hydrogens is 524 g/mol. The molecule has 0 radical (unpaired) electrons. The molecule has 0 fully saturated rings. The standard InChI is InChI=1S/C29H25ClN2O7/c1-13-9-17-22(15(11-21(33)31-17)16-10-14-7-5-6-8-18(14)32(2)28(16)36)26(34)29(13)27(35)23-19(37-3)12-20(38-4)24(30)25(23)39-29/h5-8,10,12-13,15H,9,11H2,1-4H3,(H,31,33). The number of hydrogen-bond donors (Lipinski definition) is 1. The highest BCUT2D eigenvalue weighted by Crippen LogP contribution is 2.55. The Morgan fingerprint density at radius 2 is 1.74 bits per heavy atom. The van der Waals surface area contributed by atoms with E-state index < -0.39 is 29.0 Å². The third-order valence-electron chi connectivity index (χ3n) is 8.09. The number of ether oxygens (including phenoxy) is 3. The third kappa shape index (κ3) is 3.32. The molecule has 3 unspecified atom stereocenters. The first-order chi connectivity index (χ1) is 18.6. The number of halogens is 1. The number of carbonyl (C=O) groups is 3. The molecule has 1 aliphatic carbocycles. The van der Waals surface area contributed by atoms with Crippen LogP contribution in [0.5, 0.6) is 17.2 Å². The Balaban J connectivity index is 1.54. The summed E-state index contributed by atoms with van der Waals surface area (Å²) in [7, 11) is 4.47. The zero-order chi connectivity index (χ0) is 27.8. The van der Waals surface area contributed by atoms with Crippen molar-refractivity contribution in [1.82, 2.24) is 9.88 Å². The fourth-order valence-electron chi connectivity index (χ4n) is 6.15. The Bertz CT molecular complexity index is 1720. The van der Waals surface area contributed by atoms with Gasteiger partial charge in [0.15, 0.2) is 5.75 Å². The van der Waals surface area contributed by atoms with Crippen molar-refractivity contribution in [3.05, 3.63) is 74.2 Å². The van der Waals surface area contributed by atoms with Crippen LogP contribution in [0.15, 0.2) is 52.5 Å². The molecule has 1 amide bonds. The number of amides is 1. The summed E-state index contributed by atoms with van der Waals surface area (Å²) in [4.78, 5) is 55.0. The maximum absolute atomic E-state index is 14.5. The van der Waals surface area contributed by atoms with Crippen molar-refractivity contribution in [3.63, 3.8) is 0 Å². The Morgan fingerprint density at radius 1 is 1.03 bits per heavy atom. The van der Waals surface area contributed by atoms with E-state index in [1.54, 1.807) is 20.0 Å². The summed E-state index contributed by atoms with van der Waals surface area (Å²) < 4.78 is 18.5. The number of pyridine rings is 1. The van der Waals surface area contributed by atoms with Crippen LogP contribution in [-0.4, -0.2) is 41.9 Å². The molecule has 200 valence electrons.